The first-order chi connectivity index (χ1) is 12.1. The van der Waals surface area contributed by atoms with E-state index in [-0.39, 0.29) is 28.8 Å². The second-order valence-corrected chi connectivity index (χ2v) is 7.84. The minimum absolute atomic E-state index is 0.0384. The van der Waals surface area contributed by atoms with Gasteiger partial charge in [-0.15, -0.1) is 0 Å². The van der Waals surface area contributed by atoms with Crippen LogP contribution in [0.5, 0.6) is 11.5 Å². The third-order valence-corrected chi connectivity index (χ3v) is 4.56. The Morgan fingerprint density at radius 3 is 2.31 bits per heavy atom. The first-order valence-corrected chi connectivity index (χ1v) is 9.77. The summed E-state index contributed by atoms with van der Waals surface area (Å²) in [6.07, 6.45) is 2.42. The van der Waals surface area contributed by atoms with Crippen LogP contribution in [0.1, 0.15) is 30.1 Å². The Balaban J connectivity index is 2.52. The summed E-state index contributed by atoms with van der Waals surface area (Å²) >= 11 is 0. The van der Waals surface area contributed by atoms with Gasteiger partial charge in [-0.25, -0.2) is 13.2 Å². The van der Waals surface area contributed by atoms with Crippen molar-refractivity contribution in [3.05, 3.63) is 17.7 Å². The molecule has 1 aliphatic rings. The molecule has 1 fully saturated rings. The predicted octanol–water partition coefficient (Wildman–Crippen LogP) is 1.15. The number of nitrogens with zero attached hydrogens (tertiary/aromatic N) is 1. The number of ether oxygens (including phenoxy) is 2. The topological polar surface area (TPSA) is 122 Å². The number of carboxylic acids is 1. The first-order valence-electron chi connectivity index (χ1n) is 7.88. The van der Waals surface area contributed by atoms with Crippen LogP contribution in [0.15, 0.2) is 12.1 Å². The van der Waals surface area contributed by atoms with Crippen molar-refractivity contribution in [2.75, 3.05) is 25.2 Å². The number of aliphatic carboxylic acids is 1. The van der Waals surface area contributed by atoms with Crippen molar-refractivity contribution in [1.29, 1.82) is 0 Å². The number of sulfonamides is 1. The zero-order valence-corrected chi connectivity index (χ0v) is 15.8. The lowest BCUT2D eigenvalue weighted by Gasteiger charge is -2.27. The lowest BCUT2D eigenvalue weighted by molar-refractivity contribution is -0.141. The normalized spacial score (nSPS) is 15.1. The van der Waals surface area contributed by atoms with Crippen LogP contribution in [0.4, 0.5) is 5.69 Å². The third kappa shape index (κ3) is 4.37. The molecule has 0 spiro atoms. The maximum atomic E-state index is 12.9. The van der Waals surface area contributed by atoms with Crippen LogP contribution in [0.3, 0.4) is 0 Å². The fraction of sp³-hybridized carbons (Fsp3) is 0.500. The first kappa shape index (κ1) is 19.8. The van der Waals surface area contributed by atoms with Gasteiger partial charge in [-0.3, -0.25) is 9.52 Å². The molecule has 26 heavy (non-hydrogen) atoms. The molecule has 2 rings (SSSR count). The molecule has 2 N–H and O–H groups in total. The lowest BCUT2D eigenvalue weighted by Crippen LogP contribution is -2.44. The van der Waals surface area contributed by atoms with E-state index in [0.717, 1.165) is 19.1 Å². The number of anilines is 1. The van der Waals surface area contributed by atoms with Crippen LogP contribution in [0.2, 0.25) is 0 Å². The maximum Gasteiger partial charge on any atom is 0.326 e. The Hall–Kier alpha value is -2.49. The minimum atomic E-state index is -3.64. The summed E-state index contributed by atoms with van der Waals surface area (Å²) in [6.45, 7) is 1.44. The Morgan fingerprint density at radius 2 is 1.88 bits per heavy atom. The van der Waals surface area contributed by atoms with Crippen LogP contribution in [-0.2, 0) is 14.8 Å². The van der Waals surface area contributed by atoms with E-state index in [4.69, 9.17) is 9.47 Å². The van der Waals surface area contributed by atoms with Gasteiger partial charge in [0.25, 0.3) is 5.91 Å². The van der Waals surface area contributed by atoms with Crippen molar-refractivity contribution in [3.63, 3.8) is 0 Å². The van der Waals surface area contributed by atoms with E-state index in [1.54, 1.807) is 0 Å². The molecule has 0 radical (unpaired) electrons. The highest BCUT2D eigenvalue weighted by Crippen LogP contribution is 2.38. The smallest absolute Gasteiger partial charge is 0.326 e. The number of methoxy groups -OCH3 is 2. The highest BCUT2D eigenvalue weighted by atomic mass is 32.2. The van der Waals surface area contributed by atoms with E-state index >= 15 is 0 Å². The minimum Gasteiger partial charge on any atom is -0.493 e. The Labute approximate surface area is 151 Å². The van der Waals surface area contributed by atoms with Crippen LogP contribution in [0.25, 0.3) is 0 Å². The van der Waals surface area contributed by atoms with Gasteiger partial charge in [-0.1, -0.05) is 0 Å². The average Bonchev–Trinajstić information content (AvgIpc) is 3.37. The number of benzene rings is 1. The number of amides is 1. The van der Waals surface area contributed by atoms with Gasteiger partial charge in [0.15, 0.2) is 11.5 Å². The summed E-state index contributed by atoms with van der Waals surface area (Å²) < 4.78 is 35.9. The van der Waals surface area contributed by atoms with Gasteiger partial charge >= 0.3 is 5.97 Å². The fourth-order valence-corrected chi connectivity index (χ4v) is 3.19. The Morgan fingerprint density at radius 1 is 1.27 bits per heavy atom. The second kappa shape index (κ2) is 7.40. The van der Waals surface area contributed by atoms with E-state index in [1.807, 2.05) is 0 Å². The molecule has 1 aromatic carbocycles. The number of hydrogen-bond acceptors (Lipinski definition) is 6. The molecule has 0 bridgehead atoms. The van der Waals surface area contributed by atoms with E-state index < -0.39 is 27.9 Å². The molecule has 1 unspecified atom stereocenters. The zero-order chi connectivity index (χ0) is 19.6. The number of carboxylic acid groups (broad SMARTS) is 1. The monoisotopic (exact) mass is 386 g/mol. The molecular formula is C16H22N2O7S. The van der Waals surface area contributed by atoms with Crippen LogP contribution in [0, 0.1) is 0 Å². The number of carbonyl (C=O) groups excluding carboxylic acids is 1. The number of carbonyl (C=O) groups is 2. The van der Waals surface area contributed by atoms with Gasteiger partial charge < -0.3 is 19.5 Å². The highest BCUT2D eigenvalue weighted by molar-refractivity contribution is 7.92. The summed E-state index contributed by atoms with van der Waals surface area (Å²) in [4.78, 5) is 25.6. The predicted molar refractivity (Wildman–Crippen MR) is 94.3 cm³/mol. The molecule has 0 aromatic heterocycles. The van der Waals surface area contributed by atoms with Crippen LogP contribution < -0.4 is 14.2 Å². The molecule has 0 heterocycles. The summed E-state index contributed by atoms with van der Waals surface area (Å²) in [5.41, 5.74) is 0.144. The van der Waals surface area contributed by atoms with Gasteiger partial charge in [0, 0.05) is 11.6 Å². The number of rotatable bonds is 8. The Bertz CT molecular complexity index is 818. The zero-order valence-electron chi connectivity index (χ0n) is 15.0. The van der Waals surface area contributed by atoms with Gasteiger partial charge in [0.05, 0.1) is 26.2 Å². The van der Waals surface area contributed by atoms with Gasteiger partial charge in [-0.05, 0) is 31.9 Å². The molecule has 1 amide bonds. The van der Waals surface area contributed by atoms with Crippen molar-refractivity contribution in [1.82, 2.24) is 4.90 Å². The van der Waals surface area contributed by atoms with Crippen molar-refractivity contribution in [3.8, 4) is 11.5 Å². The van der Waals surface area contributed by atoms with Crippen LogP contribution in [-0.4, -0.2) is 62.9 Å². The van der Waals surface area contributed by atoms with Gasteiger partial charge in [0.2, 0.25) is 10.0 Å². The summed E-state index contributed by atoms with van der Waals surface area (Å²) in [7, 11) is -0.937. The summed E-state index contributed by atoms with van der Waals surface area (Å²) in [5, 5.41) is 9.29. The average molecular weight is 386 g/mol. The van der Waals surface area contributed by atoms with Crippen molar-refractivity contribution in [2.24, 2.45) is 0 Å². The van der Waals surface area contributed by atoms with Gasteiger partial charge in [0.1, 0.15) is 6.04 Å². The maximum absolute atomic E-state index is 12.9. The number of nitrogens with one attached hydrogen (secondary N) is 1. The summed E-state index contributed by atoms with van der Waals surface area (Å²) in [5.74, 6) is -1.35. The molecule has 0 aliphatic heterocycles. The third-order valence-electron chi connectivity index (χ3n) is 3.97. The van der Waals surface area contributed by atoms with Gasteiger partial charge in [-0.2, -0.15) is 0 Å². The molecule has 10 heteroatoms. The summed E-state index contributed by atoms with van der Waals surface area (Å²) in [6, 6.07) is 1.57. The van der Waals surface area contributed by atoms with Crippen molar-refractivity contribution in [2.45, 2.75) is 31.8 Å². The molecule has 1 aliphatic carbocycles. The fourth-order valence-electron chi connectivity index (χ4n) is 2.64. The van der Waals surface area contributed by atoms with Crippen molar-refractivity contribution < 1.29 is 32.6 Å². The molecule has 1 saturated carbocycles. The van der Waals surface area contributed by atoms with E-state index in [1.165, 1.54) is 38.2 Å². The molecule has 0 saturated heterocycles. The van der Waals surface area contributed by atoms with Crippen molar-refractivity contribution >= 4 is 27.6 Å². The molecule has 9 nitrogen and oxygen atoms in total. The molecule has 144 valence electrons. The largest absolute Gasteiger partial charge is 0.493 e. The Kier molecular flexibility index (Phi) is 5.65. The van der Waals surface area contributed by atoms with Crippen LogP contribution >= 0.6 is 0 Å². The van der Waals surface area contributed by atoms with E-state index in [0.29, 0.717) is 0 Å². The molecule has 1 aromatic rings. The van der Waals surface area contributed by atoms with E-state index in [9.17, 15) is 23.1 Å². The second-order valence-electron chi connectivity index (χ2n) is 6.09. The number of hydrogen-bond donors (Lipinski definition) is 2. The molecule has 1 atom stereocenters. The highest BCUT2D eigenvalue weighted by Gasteiger charge is 2.39. The van der Waals surface area contributed by atoms with E-state index in [2.05, 4.69) is 4.72 Å². The SMILES string of the molecule is COc1cc(C(=O)N(C2CC2)C(C)C(=O)O)cc(NS(C)(=O)=O)c1OC. The lowest BCUT2D eigenvalue weighted by atomic mass is 10.1. The quantitative estimate of drug-likeness (QED) is 0.687. The molecular weight excluding hydrogens is 364 g/mol. The standard InChI is InChI=1S/C16H22N2O7S/c1-9(16(20)21)18(11-5-6-11)15(19)10-7-12(17-26(4,22)23)14(25-3)13(8-10)24-2/h7-9,11,17H,5-6H2,1-4H3,(H,20,21).